The van der Waals surface area contributed by atoms with Crippen LogP contribution in [0.5, 0.6) is 5.75 Å². The summed E-state index contributed by atoms with van der Waals surface area (Å²) in [5.74, 6) is -1.63. The first-order valence-corrected chi connectivity index (χ1v) is 8.82. The van der Waals surface area contributed by atoms with Crippen molar-refractivity contribution < 1.29 is 26.1 Å². The van der Waals surface area contributed by atoms with E-state index in [4.69, 9.17) is 20.8 Å². The first-order chi connectivity index (χ1) is 9.15. The highest BCUT2D eigenvalue weighted by molar-refractivity contribution is 7.93. The molecule has 1 aromatic carbocycles. The monoisotopic (exact) mass is 324 g/mol. The average molecular weight is 324 g/mol. The Balaban J connectivity index is 3.12. The molecule has 0 bridgehead atoms. The SMILES string of the molecule is NCCOc1ccc(N)cc1S(=O)(=O)CCS(=O)(=O)O. The quantitative estimate of drug-likeness (QED) is 0.439. The van der Waals surface area contributed by atoms with Crippen LogP contribution in [0.1, 0.15) is 0 Å². The van der Waals surface area contributed by atoms with E-state index in [-0.39, 0.29) is 29.5 Å². The molecule has 1 rings (SSSR count). The molecule has 20 heavy (non-hydrogen) atoms. The van der Waals surface area contributed by atoms with Crippen molar-refractivity contribution in [3.05, 3.63) is 18.2 Å². The van der Waals surface area contributed by atoms with Gasteiger partial charge in [0.2, 0.25) is 0 Å². The molecule has 0 atom stereocenters. The number of sulfone groups is 1. The summed E-state index contributed by atoms with van der Waals surface area (Å²) in [6.07, 6.45) is 0. The highest BCUT2D eigenvalue weighted by Crippen LogP contribution is 2.27. The first-order valence-electron chi connectivity index (χ1n) is 5.56. The third-order valence-corrected chi connectivity index (χ3v) is 5.00. The van der Waals surface area contributed by atoms with Gasteiger partial charge in [-0.25, -0.2) is 8.42 Å². The van der Waals surface area contributed by atoms with Gasteiger partial charge < -0.3 is 16.2 Å². The van der Waals surface area contributed by atoms with Crippen molar-refractivity contribution in [3.63, 3.8) is 0 Å². The lowest BCUT2D eigenvalue weighted by Gasteiger charge is -2.12. The summed E-state index contributed by atoms with van der Waals surface area (Å²) in [6, 6.07) is 3.99. The number of rotatable bonds is 7. The topological polar surface area (TPSA) is 150 Å². The second-order valence-corrected chi connectivity index (χ2v) is 7.60. The second kappa shape index (κ2) is 6.39. The smallest absolute Gasteiger partial charge is 0.265 e. The van der Waals surface area contributed by atoms with Gasteiger partial charge in [-0.15, -0.1) is 0 Å². The van der Waals surface area contributed by atoms with Gasteiger partial charge in [0.05, 0.1) is 11.5 Å². The van der Waals surface area contributed by atoms with E-state index in [1.54, 1.807) is 0 Å². The molecular formula is C10H16N2O6S2. The van der Waals surface area contributed by atoms with Crippen LogP contribution in [0.2, 0.25) is 0 Å². The molecule has 0 fully saturated rings. The molecule has 0 aliphatic carbocycles. The van der Waals surface area contributed by atoms with Crippen LogP contribution in [0.3, 0.4) is 0 Å². The Kier molecular flexibility index (Phi) is 5.34. The fourth-order valence-electron chi connectivity index (χ4n) is 1.38. The number of nitrogen functional groups attached to an aromatic ring is 1. The van der Waals surface area contributed by atoms with E-state index in [0.717, 1.165) is 0 Å². The molecule has 0 aliphatic rings. The zero-order chi connectivity index (χ0) is 15.4. The van der Waals surface area contributed by atoms with Gasteiger partial charge in [-0.05, 0) is 18.2 Å². The van der Waals surface area contributed by atoms with E-state index >= 15 is 0 Å². The molecule has 0 aromatic heterocycles. The maximum absolute atomic E-state index is 12.1. The normalized spacial score (nSPS) is 12.3. The third kappa shape index (κ3) is 4.96. The minimum Gasteiger partial charge on any atom is -0.491 e. The molecule has 5 N–H and O–H groups in total. The number of hydrogen-bond acceptors (Lipinski definition) is 7. The number of nitrogens with two attached hydrogens (primary N) is 2. The van der Waals surface area contributed by atoms with Crippen LogP contribution < -0.4 is 16.2 Å². The third-order valence-electron chi connectivity index (χ3n) is 2.29. The maximum Gasteiger partial charge on any atom is 0.265 e. The number of ether oxygens (including phenoxy) is 1. The van der Waals surface area contributed by atoms with E-state index in [0.29, 0.717) is 0 Å². The van der Waals surface area contributed by atoms with Crippen molar-refractivity contribution in [2.75, 3.05) is 30.4 Å². The predicted octanol–water partition coefficient (Wildman–Crippen LogP) is -0.732. The molecule has 0 saturated heterocycles. The summed E-state index contributed by atoms with van der Waals surface area (Å²) in [5.41, 5.74) is 11.0. The molecule has 0 unspecified atom stereocenters. The van der Waals surface area contributed by atoms with Crippen molar-refractivity contribution in [2.45, 2.75) is 4.90 Å². The molecule has 0 saturated carbocycles. The summed E-state index contributed by atoms with van der Waals surface area (Å²) in [5, 5.41) is 0. The van der Waals surface area contributed by atoms with E-state index in [1.807, 2.05) is 0 Å². The van der Waals surface area contributed by atoms with Crippen molar-refractivity contribution in [2.24, 2.45) is 5.73 Å². The highest BCUT2D eigenvalue weighted by Gasteiger charge is 2.22. The Hall–Kier alpha value is -1.36. The molecule has 0 amide bonds. The van der Waals surface area contributed by atoms with Gasteiger partial charge in [-0.2, -0.15) is 8.42 Å². The zero-order valence-corrected chi connectivity index (χ0v) is 12.2. The van der Waals surface area contributed by atoms with Gasteiger partial charge in [0.1, 0.15) is 17.3 Å². The van der Waals surface area contributed by atoms with Crippen molar-refractivity contribution >= 4 is 25.6 Å². The minimum absolute atomic E-state index is 0.0417. The molecule has 0 radical (unpaired) electrons. The standard InChI is InChI=1S/C10H16N2O6S2/c11-3-4-18-9-2-1-8(12)7-10(9)19(13,14)5-6-20(15,16)17/h1-2,7H,3-6,11-12H2,(H,15,16,17). The Bertz CT molecular complexity index is 669. The Morgan fingerprint density at radius 3 is 2.35 bits per heavy atom. The lowest BCUT2D eigenvalue weighted by Crippen LogP contribution is -2.18. The fourth-order valence-corrected chi connectivity index (χ4v) is 4.07. The molecular weight excluding hydrogens is 308 g/mol. The lowest BCUT2D eigenvalue weighted by atomic mass is 10.3. The summed E-state index contributed by atoms with van der Waals surface area (Å²) < 4.78 is 59.3. The maximum atomic E-state index is 12.1. The summed E-state index contributed by atoms with van der Waals surface area (Å²) in [4.78, 5) is -0.227. The molecule has 1 aromatic rings. The Morgan fingerprint density at radius 2 is 1.80 bits per heavy atom. The van der Waals surface area contributed by atoms with Gasteiger partial charge in [0.15, 0.2) is 9.84 Å². The molecule has 0 heterocycles. The molecule has 8 nitrogen and oxygen atoms in total. The van der Waals surface area contributed by atoms with Gasteiger partial charge >= 0.3 is 0 Å². The van der Waals surface area contributed by atoms with Crippen LogP contribution in [0, 0.1) is 0 Å². The van der Waals surface area contributed by atoms with Crippen molar-refractivity contribution in [1.29, 1.82) is 0 Å². The van der Waals surface area contributed by atoms with Crippen LogP contribution in [-0.2, 0) is 20.0 Å². The van der Waals surface area contributed by atoms with Gasteiger partial charge in [-0.1, -0.05) is 0 Å². The van der Waals surface area contributed by atoms with E-state index < -0.39 is 31.5 Å². The van der Waals surface area contributed by atoms with Gasteiger partial charge in [0, 0.05) is 12.2 Å². The van der Waals surface area contributed by atoms with E-state index in [9.17, 15) is 16.8 Å². The molecule has 10 heteroatoms. The fraction of sp³-hybridized carbons (Fsp3) is 0.400. The minimum atomic E-state index is -4.38. The molecule has 0 spiro atoms. The van der Waals surface area contributed by atoms with E-state index in [2.05, 4.69) is 0 Å². The summed E-state index contributed by atoms with van der Waals surface area (Å²) >= 11 is 0. The van der Waals surface area contributed by atoms with Crippen molar-refractivity contribution in [1.82, 2.24) is 0 Å². The second-order valence-electron chi connectivity index (χ2n) is 3.95. The Labute approximate surface area is 117 Å². The van der Waals surface area contributed by atoms with Gasteiger partial charge in [0.25, 0.3) is 10.1 Å². The zero-order valence-electron chi connectivity index (χ0n) is 10.5. The molecule has 114 valence electrons. The van der Waals surface area contributed by atoms with Crippen LogP contribution in [0.15, 0.2) is 23.1 Å². The first kappa shape index (κ1) is 16.7. The van der Waals surface area contributed by atoms with E-state index in [1.165, 1.54) is 18.2 Å². The predicted molar refractivity (Wildman–Crippen MR) is 73.9 cm³/mol. The highest BCUT2D eigenvalue weighted by atomic mass is 32.2. The number of hydrogen-bond donors (Lipinski definition) is 3. The van der Waals surface area contributed by atoms with Crippen LogP contribution in [0.25, 0.3) is 0 Å². The Morgan fingerprint density at radius 1 is 1.15 bits per heavy atom. The summed E-state index contributed by atoms with van der Waals surface area (Å²) in [7, 11) is -8.34. The average Bonchev–Trinajstić information content (AvgIpc) is 2.34. The largest absolute Gasteiger partial charge is 0.491 e. The van der Waals surface area contributed by atoms with Crippen LogP contribution in [-0.4, -0.2) is 46.0 Å². The molecule has 0 aliphatic heterocycles. The van der Waals surface area contributed by atoms with Crippen LogP contribution >= 0.6 is 0 Å². The number of anilines is 1. The van der Waals surface area contributed by atoms with Crippen molar-refractivity contribution in [3.8, 4) is 5.75 Å². The van der Waals surface area contributed by atoms with Gasteiger partial charge in [-0.3, -0.25) is 4.55 Å². The van der Waals surface area contributed by atoms with Crippen LogP contribution in [0.4, 0.5) is 5.69 Å². The number of benzene rings is 1. The lowest BCUT2D eigenvalue weighted by molar-refractivity contribution is 0.320. The summed E-state index contributed by atoms with van der Waals surface area (Å²) in [6.45, 7) is 0.291.